The average Bonchev–Trinajstić information content (AvgIpc) is 2.46. The highest BCUT2D eigenvalue weighted by Crippen LogP contribution is 2.28. The number of halogens is 3. The van der Waals surface area contributed by atoms with Gasteiger partial charge in [-0.15, -0.1) is 13.2 Å². The number of ether oxygens (including phenoxy) is 1. The Hall–Kier alpha value is -3.69. The lowest BCUT2D eigenvalue weighted by Crippen LogP contribution is -2.17. The van der Waals surface area contributed by atoms with Crippen LogP contribution in [0.2, 0.25) is 0 Å². The fourth-order valence-corrected chi connectivity index (χ4v) is 1.34. The van der Waals surface area contributed by atoms with Crippen LogP contribution in [-0.4, -0.2) is 6.36 Å². The molecule has 0 atom stereocenters. The monoisotopic (exact) mass is 303 g/mol. The minimum atomic E-state index is -4.93. The van der Waals surface area contributed by atoms with Gasteiger partial charge in [0.2, 0.25) is 0 Å². The number of nitriles is 4. The molecule has 22 heavy (non-hydrogen) atoms. The smallest absolute Gasteiger partial charge is 0.406 e. The third-order valence-electron chi connectivity index (χ3n) is 2.19. The molecule has 0 radical (unpaired) electrons. The van der Waals surface area contributed by atoms with Crippen LogP contribution in [0, 0.1) is 45.3 Å². The number of alkyl halides is 3. The molecule has 0 unspecified atom stereocenters. The van der Waals surface area contributed by atoms with E-state index in [1.165, 1.54) is 18.2 Å². The maximum Gasteiger partial charge on any atom is 0.573 e. The molecular formula is C13H4F3N5O. The fraction of sp³-hybridized carbons (Fsp3) is 0.0769. The van der Waals surface area contributed by atoms with Gasteiger partial charge in [0.05, 0.1) is 11.3 Å². The second-order valence-corrected chi connectivity index (χ2v) is 3.58. The fourth-order valence-electron chi connectivity index (χ4n) is 1.34. The summed E-state index contributed by atoms with van der Waals surface area (Å²) in [5.74, 6) is -0.623. The summed E-state index contributed by atoms with van der Waals surface area (Å²) < 4.78 is 40.2. The van der Waals surface area contributed by atoms with E-state index in [4.69, 9.17) is 21.0 Å². The lowest BCUT2D eigenvalue weighted by atomic mass is 10.1. The number of anilines is 1. The van der Waals surface area contributed by atoms with Crippen molar-refractivity contribution in [3.05, 3.63) is 35.0 Å². The Balaban J connectivity index is 3.30. The van der Waals surface area contributed by atoms with Crippen molar-refractivity contribution in [2.45, 2.75) is 6.36 Å². The quantitative estimate of drug-likeness (QED) is 0.858. The standard InChI is InChI=1S/C13H4F3N5O/c14-13(15,16)22-10-2-1-8(4-17)11(3-10)21-12(7-20)9(5-18)6-19/h1-3,21H. The van der Waals surface area contributed by atoms with E-state index in [2.05, 4.69) is 10.1 Å². The van der Waals surface area contributed by atoms with E-state index in [1.807, 2.05) is 0 Å². The minimum absolute atomic E-state index is 0.0995. The second-order valence-electron chi connectivity index (χ2n) is 3.58. The van der Waals surface area contributed by atoms with Crippen molar-refractivity contribution in [1.82, 2.24) is 0 Å². The van der Waals surface area contributed by atoms with Gasteiger partial charge in [0.1, 0.15) is 35.7 Å². The van der Waals surface area contributed by atoms with Crippen LogP contribution in [0.5, 0.6) is 5.75 Å². The van der Waals surface area contributed by atoms with E-state index < -0.39 is 23.4 Å². The predicted octanol–water partition coefficient (Wildman–Crippen LogP) is 2.69. The van der Waals surface area contributed by atoms with Crippen LogP contribution < -0.4 is 10.1 Å². The van der Waals surface area contributed by atoms with Gasteiger partial charge < -0.3 is 10.1 Å². The minimum Gasteiger partial charge on any atom is -0.406 e. The van der Waals surface area contributed by atoms with Crippen molar-refractivity contribution in [3.8, 4) is 30.0 Å². The van der Waals surface area contributed by atoms with Crippen LogP contribution in [0.4, 0.5) is 18.9 Å². The number of hydrogen-bond donors (Lipinski definition) is 1. The van der Waals surface area contributed by atoms with Crippen molar-refractivity contribution in [2.75, 3.05) is 5.32 Å². The van der Waals surface area contributed by atoms with Crippen LogP contribution in [0.3, 0.4) is 0 Å². The maximum absolute atomic E-state index is 12.2. The molecule has 1 aromatic rings. The molecule has 0 aliphatic rings. The van der Waals surface area contributed by atoms with E-state index in [-0.39, 0.29) is 11.3 Å². The first-order chi connectivity index (χ1) is 10.3. The van der Waals surface area contributed by atoms with Gasteiger partial charge in [-0.3, -0.25) is 0 Å². The van der Waals surface area contributed by atoms with Gasteiger partial charge >= 0.3 is 6.36 Å². The zero-order valence-corrected chi connectivity index (χ0v) is 10.6. The molecule has 0 aliphatic heterocycles. The Morgan fingerprint density at radius 1 is 1.05 bits per heavy atom. The molecule has 108 valence electrons. The molecule has 0 spiro atoms. The zero-order chi connectivity index (χ0) is 16.8. The van der Waals surface area contributed by atoms with Crippen molar-refractivity contribution >= 4 is 5.69 Å². The number of allylic oxidation sites excluding steroid dienone is 2. The highest BCUT2D eigenvalue weighted by atomic mass is 19.4. The molecule has 0 saturated heterocycles. The first kappa shape index (κ1) is 16.4. The Morgan fingerprint density at radius 3 is 2.14 bits per heavy atom. The van der Waals surface area contributed by atoms with Gasteiger partial charge in [-0.2, -0.15) is 21.0 Å². The number of nitrogens with zero attached hydrogens (tertiary/aromatic N) is 4. The van der Waals surface area contributed by atoms with Gasteiger partial charge in [-0.1, -0.05) is 0 Å². The summed E-state index contributed by atoms with van der Waals surface area (Å²) >= 11 is 0. The highest BCUT2D eigenvalue weighted by molar-refractivity contribution is 5.66. The van der Waals surface area contributed by atoms with Crippen molar-refractivity contribution in [2.24, 2.45) is 0 Å². The van der Waals surface area contributed by atoms with Crippen molar-refractivity contribution in [3.63, 3.8) is 0 Å². The molecule has 0 heterocycles. The molecule has 6 nitrogen and oxygen atoms in total. The van der Waals surface area contributed by atoms with Crippen LogP contribution in [0.1, 0.15) is 5.56 Å². The van der Waals surface area contributed by atoms with E-state index >= 15 is 0 Å². The van der Waals surface area contributed by atoms with E-state index in [0.29, 0.717) is 0 Å². The Bertz CT molecular complexity index is 768. The van der Waals surface area contributed by atoms with Crippen molar-refractivity contribution < 1.29 is 17.9 Å². The molecule has 0 saturated carbocycles. The lowest BCUT2D eigenvalue weighted by molar-refractivity contribution is -0.274. The summed E-state index contributed by atoms with van der Waals surface area (Å²) in [6.45, 7) is 0. The first-order valence-corrected chi connectivity index (χ1v) is 5.36. The van der Waals surface area contributed by atoms with Crippen LogP contribution in [-0.2, 0) is 0 Å². The third kappa shape index (κ3) is 4.16. The predicted molar refractivity (Wildman–Crippen MR) is 65.3 cm³/mol. The molecule has 0 bridgehead atoms. The van der Waals surface area contributed by atoms with Gasteiger partial charge in [0, 0.05) is 6.07 Å². The van der Waals surface area contributed by atoms with Gasteiger partial charge in [-0.25, -0.2) is 0 Å². The topological polar surface area (TPSA) is 116 Å². The molecule has 1 N–H and O–H groups in total. The SMILES string of the molecule is N#CC(C#N)=C(C#N)Nc1cc(OC(F)(F)F)ccc1C#N. The van der Waals surface area contributed by atoms with Crippen molar-refractivity contribution in [1.29, 1.82) is 21.0 Å². The first-order valence-electron chi connectivity index (χ1n) is 5.36. The molecule has 0 fully saturated rings. The molecule has 9 heteroatoms. The van der Waals surface area contributed by atoms with Crippen LogP contribution in [0.25, 0.3) is 0 Å². The summed E-state index contributed by atoms with van der Waals surface area (Å²) in [6, 6.07) is 8.91. The second kappa shape index (κ2) is 6.65. The lowest BCUT2D eigenvalue weighted by Gasteiger charge is -2.12. The normalized spacial score (nSPS) is 9.41. The molecule has 0 aromatic heterocycles. The summed E-state index contributed by atoms with van der Waals surface area (Å²) in [7, 11) is 0. The van der Waals surface area contributed by atoms with Gasteiger partial charge in [-0.05, 0) is 12.1 Å². The number of benzene rings is 1. The van der Waals surface area contributed by atoms with E-state index in [9.17, 15) is 13.2 Å². The molecule has 0 aliphatic carbocycles. The summed E-state index contributed by atoms with van der Waals surface area (Å²) in [5, 5.41) is 37.4. The number of hydrogen-bond acceptors (Lipinski definition) is 6. The Kier molecular flexibility index (Phi) is 4.95. The van der Waals surface area contributed by atoms with E-state index in [0.717, 1.165) is 18.2 Å². The zero-order valence-electron chi connectivity index (χ0n) is 10.6. The van der Waals surface area contributed by atoms with Crippen LogP contribution in [0.15, 0.2) is 29.5 Å². The number of rotatable bonds is 3. The average molecular weight is 303 g/mol. The van der Waals surface area contributed by atoms with Gasteiger partial charge in [0.25, 0.3) is 0 Å². The molecule has 0 amide bonds. The summed E-state index contributed by atoms with van der Waals surface area (Å²) in [6.07, 6.45) is -4.93. The Morgan fingerprint density at radius 2 is 1.68 bits per heavy atom. The molecule has 1 aromatic carbocycles. The Labute approximate surface area is 122 Å². The molecule has 1 rings (SSSR count). The summed E-state index contributed by atoms with van der Waals surface area (Å²) in [5.41, 5.74) is -1.37. The largest absolute Gasteiger partial charge is 0.573 e. The van der Waals surface area contributed by atoms with Gasteiger partial charge in [0.15, 0.2) is 5.57 Å². The summed E-state index contributed by atoms with van der Waals surface area (Å²) in [4.78, 5) is 0. The van der Waals surface area contributed by atoms with Crippen LogP contribution >= 0.6 is 0 Å². The maximum atomic E-state index is 12.2. The highest BCUT2D eigenvalue weighted by Gasteiger charge is 2.31. The third-order valence-corrected chi connectivity index (χ3v) is 2.19. The molecular weight excluding hydrogens is 299 g/mol. The van der Waals surface area contributed by atoms with E-state index in [1.54, 1.807) is 6.07 Å². The number of nitrogens with one attached hydrogen (secondary N) is 1.